The van der Waals surface area contributed by atoms with Crippen LogP contribution >= 0.6 is 0 Å². The Morgan fingerprint density at radius 3 is 2.17 bits per heavy atom. The van der Waals surface area contributed by atoms with E-state index in [1.807, 2.05) is 74.5 Å². The number of rotatable bonds is 7. The van der Waals surface area contributed by atoms with Crippen LogP contribution in [0.5, 0.6) is 0 Å². The van der Waals surface area contributed by atoms with Crippen molar-refractivity contribution in [1.29, 1.82) is 0 Å². The van der Waals surface area contributed by atoms with E-state index in [1.54, 1.807) is 0 Å². The number of hydrogen-bond acceptors (Lipinski definition) is 6. The standard InChI is InChI=1S/C22H22N6O2/c1-14(2)18(22-26-20(28-30-22)19-23-13-24-27-19)25-21(29)17(15-9-5-3-6-10-15)16-11-7-4-8-12-16/h3-14,17-18H,1-2H3,(H,25,29)(H,23,24,27)/t18-/m1/s1. The van der Waals surface area contributed by atoms with Crippen molar-refractivity contribution in [2.24, 2.45) is 5.92 Å². The third kappa shape index (κ3) is 4.12. The predicted molar refractivity (Wildman–Crippen MR) is 110 cm³/mol. The van der Waals surface area contributed by atoms with Crippen molar-refractivity contribution >= 4 is 5.91 Å². The van der Waals surface area contributed by atoms with Crippen LogP contribution in [0.2, 0.25) is 0 Å². The average molecular weight is 402 g/mol. The highest BCUT2D eigenvalue weighted by molar-refractivity contribution is 5.87. The molecule has 2 heterocycles. The van der Waals surface area contributed by atoms with Gasteiger partial charge in [0.1, 0.15) is 12.4 Å². The largest absolute Gasteiger partial charge is 0.343 e. The van der Waals surface area contributed by atoms with Gasteiger partial charge in [0.2, 0.25) is 17.6 Å². The fourth-order valence-corrected chi connectivity index (χ4v) is 3.31. The highest BCUT2D eigenvalue weighted by Crippen LogP contribution is 2.28. The van der Waals surface area contributed by atoms with Crippen molar-refractivity contribution in [3.8, 4) is 11.6 Å². The molecule has 8 heteroatoms. The van der Waals surface area contributed by atoms with Crippen molar-refractivity contribution in [3.63, 3.8) is 0 Å². The van der Waals surface area contributed by atoms with Crippen LogP contribution in [0.1, 0.15) is 42.8 Å². The molecule has 0 radical (unpaired) electrons. The van der Waals surface area contributed by atoms with Gasteiger partial charge < -0.3 is 9.84 Å². The lowest BCUT2D eigenvalue weighted by Crippen LogP contribution is -2.36. The van der Waals surface area contributed by atoms with Crippen molar-refractivity contribution < 1.29 is 9.32 Å². The molecule has 0 spiro atoms. The summed E-state index contributed by atoms with van der Waals surface area (Å²) in [7, 11) is 0. The third-order valence-electron chi connectivity index (χ3n) is 4.83. The first kappa shape index (κ1) is 19.5. The smallest absolute Gasteiger partial charge is 0.249 e. The quantitative estimate of drug-likeness (QED) is 0.490. The number of nitrogens with zero attached hydrogens (tertiary/aromatic N) is 4. The number of H-pyrrole nitrogens is 1. The first-order valence-corrected chi connectivity index (χ1v) is 9.73. The van der Waals surface area contributed by atoms with Gasteiger partial charge in [0, 0.05) is 0 Å². The van der Waals surface area contributed by atoms with E-state index in [-0.39, 0.29) is 11.8 Å². The zero-order valence-corrected chi connectivity index (χ0v) is 16.7. The van der Waals surface area contributed by atoms with Crippen molar-refractivity contribution in [2.75, 3.05) is 0 Å². The molecule has 0 aliphatic heterocycles. The summed E-state index contributed by atoms with van der Waals surface area (Å²) < 4.78 is 5.44. The van der Waals surface area contributed by atoms with Crippen LogP contribution in [0.4, 0.5) is 0 Å². The zero-order valence-electron chi connectivity index (χ0n) is 16.7. The van der Waals surface area contributed by atoms with Crippen LogP contribution in [-0.4, -0.2) is 31.2 Å². The molecule has 4 rings (SSSR count). The molecular weight excluding hydrogens is 380 g/mol. The Kier molecular flexibility index (Phi) is 5.65. The van der Waals surface area contributed by atoms with Gasteiger partial charge in [-0.2, -0.15) is 10.1 Å². The highest BCUT2D eigenvalue weighted by atomic mass is 16.5. The Bertz CT molecular complexity index is 1040. The van der Waals surface area contributed by atoms with Gasteiger partial charge in [-0.25, -0.2) is 4.98 Å². The van der Waals surface area contributed by atoms with Gasteiger partial charge in [-0.15, -0.1) is 0 Å². The maximum Gasteiger partial charge on any atom is 0.249 e. The monoisotopic (exact) mass is 402 g/mol. The molecule has 0 saturated heterocycles. The average Bonchev–Trinajstić information content (AvgIpc) is 3.45. The first-order chi connectivity index (χ1) is 14.6. The molecule has 0 aliphatic carbocycles. The van der Waals surface area contributed by atoms with E-state index in [4.69, 9.17) is 4.52 Å². The molecule has 8 nitrogen and oxygen atoms in total. The number of carbonyl (C=O) groups excluding carboxylic acids is 1. The van der Waals surface area contributed by atoms with Crippen LogP contribution in [-0.2, 0) is 4.79 Å². The molecular formula is C22H22N6O2. The lowest BCUT2D eigenvalue weighted by molar-refractivity contribution is -0.123. The van der Waals surface area contributed by atoms with Gasteiger partial charge in [-0.1, -0.05) is 79.7 Å². The van der Waals surface area contributed by atoms with Crippen LogP contribution in [0.3, 0.4) is 0 Å². The molecule has 1 amide bonds. The second-order valence-corrected chi connectivity index (χ2v) is 7.27. The number of aromatic amines is 1. The van der Waals surface area contributed by atoms with Gasteiger partial charge >= 0.3 is 0 Å². The summed E-state index contributed by atoms with van der Waals surface area (Å²) in [6, 6.07) is 19.0. The van der Waals surface area contributed by atoms with Crippen molar-refractivity contribution in [1.82, 2.24) is 30.6 Å². The molecule has 1 atom stereocenters. The molecule has 0 unspecified atom stereocenters. The highest BCUT2D eigenvalue weighted by Gasteiger charge is 2.30. The molecule has 0 aliphatic rings. The maximum absolute atomic E-state index is 13.4. The van der Waals surface area contributed by atoms with Crippen molar-refractivity contribution in [2.45, 2.75) is 25.8 Å². The fraction of sp³-hybridized carbons (Fsp3) is 0.227. The summed E-state index contributed by atoms with van der Waals surface area (Å²) in [5.74, 6) is 0.472. The number of hydrogen-bond donors (Lipinski definition) is 2. The summed E-state index contributed by atoms with van der Waals surface area (Å²) in [6.07, 6.45) is 1.37. The summed E-state index contributed by atoms with van der Waals surface area (Å²) in [5.41, 5.74) is 1.83. The van der Waals surface area contributed by atoms with E-state index >= 15 is 0 Å². The lowest BCUT2D eigenvalue weighted by Gasteiger charge is -2.23. The molecule has 2 N–H and O–H groups in total. The van der Waals surface area contributed by atoms with Crippen LogP contribution in [0, 0.1) is 5.92 Å². The van der Waals surface area contributed by atoms with Gasteiger partial charge in [-0.3, -0.25) is 9.89 Å². The summed E-state index contributed by atoms with van der Waals surface area (Å²) in [5, 5.41) is 13.6. The Hall–Kier alpha value is -3.81. The minimum Gasteiger partial charge on any atom is -0.343 e. The number of carbonyl (C=O) groups is 1. The molecule has 2 aromatic carbocycles. The topological polar surface area (TPSA) is 110 Å². The SMILES string of the molecule is CC(C)[C@@H](NC(=O)C(c1ccccc1)c1ccccc1)c1nc(-c2ncn[nH]2)no1. The Labute approximate surface area is 173 Å². The van der Waals surface area contributed by atoms with Crippen LogP contribution in [0.15, 0.2) is 71.5 Å². The van der Waals surface area contributed by atoms with Crippen molar-refractivity contribution in [3.05, 3.63) is 84.0 Å². The summed E-state index contributed by atoms with van der Waals surface area (Å²) >= 11 is 0. The minimum absolute atomic E-state index is 0.0316. The van der Waals surface area contributed by atoms with E-state index in [0.717, 1.165) is 11.1 Å². The van der Waals surface area contributed by atoms with Gasteiger partial charge in [0.15, 0.2) is 5.82 Å². The summed E-state index contributed by atoms with van der Waals surface area (Å²) in [6.45, 7) is 3.98. The van der Waals surface area contributed by atoms with E-state index in [0.29, 0.717) is 17.5 Å². The predicted octanol–water partition coefficient (Wildman–Crippen LogP) is 3.50. The van der Waals surface area contributed by atoms with E-state index < -0.39 is 12.0 Å². The molecule has 152 valence electrons. The molecule has 2 aromatic heterocycles. The lowest BCUT2D eigenvalue weighted by atomic mass is 9.90. The molecule has 0 fully saturated rings. The third-order valence-corrected chi connectivity index (χ3v) is 4.83. The van der Waals surface area contributed by atoms with Gasteiger partial charge in [-0.05, 0) is 17.0 Å². The number of benzene rings is 2. The van der Waals surface area contributed by atoms with E-state index in [1.165, 1.54) is 6.33 Å². The molecule has 30 heavy (non-hydrogen) atoms. The molecule has 4 aromatic rings. The molecule has 0 bridgehead atoms. The Morgan fingerprint density at radius 2 is 1.63 bits per heavy atom. The summed E-state index contributed by atoms with van der Waals surface area (Å²) in [4.78, 5) is 21.9. The van der Waals surface area contributed by atoms with Crippen LogP contribution in [0.25, 0.3) is 11.6 Å². The number of aromatic nitrogens is 5. The maximum atomic E-state index is 13.4. The second kappa shape index (κ2) is 8.69. The van der Waals surface area contributed by atoms with Gasteiger partial charge in [0.25, 0.3) is 0 Å². The first-order valence-electron chi connectivity index (χ1n) is 9.73. The minimum atomic E-state index is -0.453. The fourth-order valence-electron chi connectivity index (χ4n) is 3.31. The van der Waals surface area contributed by atoms with E-state index in [9.17, 15) is 4.79 Å². The normalized spacial score (nSPS) is 12.3. The number of amides is 1. The Morgan fingerprint density at radius 1 is 1.00 bits per heavy atom. The molecule has 0 saturated carbocycles. The number of nitrogens with one attached hydrogen (secondary N) is 2. The van der Waals surface area contributed by atoms with E-state index in [2.05, 4.69) is 30.6 Å². The van der Waals surface area contributed by atoms with Gasteiger partial charge in [0.05, 0.1) is 5.92 Å². The zero-order chi connectivity index (χ0) is 20.9. The Balaban J connectivity index is 1.63. The second-order valence-electron chi connectivity index (χ2n) is 7.27. The van der Waals surface area contributed by atoms with Crippen LogP contribution < -0.4 is 5.32 Å².